The Kier molecular flexibility index (Phi) is 4.86. The summed E-state index contributed by atoms with van der Waals surface area (Å²) in [4.78, 5) is 1.70. The molecule has 0 amide bonds. The third kappa shape index (κ3) is 5.03. The lowest BCUT2D eigenvalue weighted by Gasteiger charge is -2.22. The number of likely N-dealkylation sites (N-methyl/N-ethyl adjacent to an activating group) is 1. The normalized spacial score (nSPS) is 15.9. The van der Waals surface area contributed by atoms with E-state index in [1.54, 1.807) is 18.9 Å². The van der Waals surface area contributed by atoms with Crippen LogP contribution in [0.25, 0.3) is 0 Å². The average molecular weight is 223 g/mol. The zero-order valence-electron chi connectivity index (χ0n) is 8.64. The lowest BCUT2D eigenvalue weighted by atomic mass is 10.3. The van der Waals surface area contributed by atoms with Gasteiger partial charge >= 0.3 is 0 Å². The highest BCUT2D eigenvalue weighted by Gasteiger charge is 2.15. The van der Waals surface area contributed by atoms with Crippen LogP contribution in [0.5, 0.6) is 0 Å². The van der Waals surface area contributed by atoms with E-state index < -0.39 is 9.84 Å². The van der Waals surface area contributed by atoms with Crippen LogP contribution in [-0.4, -0.2) is 56.0 Å². The Bertz CT molecular complexity index is 299. The summed E-state index contributed by atoms with van der Waals surface area (Å²) in [6.45, 7) is 2.09. The van der Waals surface area contributed by atoms with Crippen molar-refractivity contribution >= 4 is 15.7 Å². The number of nitrogens with zero attached hydrogens (tertiary/aromatic N) is 2. The molecular formula is C7H17N3O3S. The predicted octanol–water partition coefficient (Wildman–Crippen LogP) is -0.902. The van der Waals surface area contributed by atoms with Crippen LogP contribution in [0.15, 0.2) is 5.16 Å². The van der Waals surface area contributed by atoms with Crippen molar-refractivity contribution in [3.05, 3.63) is 0 Å². The first-order chi connectivity index (χ1) is 6.28. The molecule has 14 heavy (non-hydrogen) atoms. The van der Waals surface area contributed by atoms with E-state index in [1.165, 1.54) is 6.26 Å². The van der Waals surface area contributed by atoms with E-state index in [0.717, 1.165) is 0 Å². The number of amidine groups is 1. The quantitative estimate of drug-likeness (QED) is 0.272. The Hall–Kier alpha value is -0.820. The van der Waals surface area contributed by atoms with Gasteiger partial charge in [0.15, 0.2) is 5.84 Å². The minimum atomic E-state index is -2.97. The number of rotatable bonds is 5. The highest BCUT2D eigenvalue weighted by Crippen LogP contribution is 1.96. The molecule has 0 aliphatic rings. The van der Waals surface area contributed by atoms with Crippen LogP contribution >= 0.6 is 0 Å². The van der Waals surface area contributed by atoms with Crippen molar-refractivity contribution in [2.75, 3.05) is 25.6 Å². The summed E-state index contributed by atoms with van der Waals surface area (Å²) in [5, 5.41) is 11.3. The van der Waals surface area contributed by atoms with E-state index in [1.807, 2.05) is 0 Å². The van der Waals surface area contributed by atoms with Gasteiger partial charge in [0, 0.05) is 12.8 Å². The van der Waals surface area contributed by atoms with E-state index >= 15 is 0 Å². The highest BCUT2D eigenvalue weighted by atomic mass is 32.2. The Balaban J connectivity index is 4.16. The fourth-order valence-corrected chi connectivity index (χ4v) is 1.43. The van der Waals surface area contributed by atoms with Crippen LogP contribution in [0.3, 0.4) is 0 Å². The largest absolute Gasteiger partial charge is 0.409 e. The van der Waals surface area contributed by atoms with Crippen LogP contribution in [0, 0.1) is 0 Å². The standard InChI is InChI=1S/C7H17N3O3S/c1-6(7(8)9-11)10(2)4-5-14(3,12)13/h6,11H,4-5H2,1-3H3,(H2,8,9). The maximum atomic E-state index is 10.9. The third-order valence-corrected chi connectivity index (χ3v) is 2.94. The van der Waals surface area contributed by atoms with Gasteiger partial charge in [0.25, 0.3) is 0 Å². The Labute approximate surface area is 84.3 Å². The van der Waals surface area contributed by atoms with Crippen LogP contribution in [0.4, 0.5) is 0 Å². The molecule has 0 spiro atoms. The highest BCUT2D eigenvalue weighted by molar-refractivity contribution is 7.90. The van der Waals surface area contributed by atoms with Crippen LogP contribution in [0.2, 0.25) is 0 Å². The molecule has 1 atom stereocenters. The van der Waals surface area contributed by atoms with E-state index in [9.17, 15) is 8.42 Å². The van der Waals surface area contributed by atoms with Gasteiger partial charge in [0.05, 0.1) is 11.8 Å². The molecule has 0 saturated carbocycles. The molecule has 0 aliphatic carbocycles. The van der Waals surface area contributed by atoms with Gasteiger partial charge in [-0.25, -0.2) is 8.42 Å². The monoisotopic (exact) mass is 223 g/mol. The minimum absolute atomic E-state index is 0.0621. The lowest BCUT2D eigenvalue weighted by molar-refractivity contribution is 0.292. The molecule has 0 radical (unpaired) electrons. The smallest absolute Gasteiger partial charge is 0.156 e. The second-order valence-corrected chi connectivity index (χ2v) is 5.57. The number of hydrogen-bond acceptors (Lipinski definition) is 5. The molecule has 0 bridgehead atoms. The van der Waals surface area contributed by atoms with E-state index in [4.69, 9.17) is 10.9 Å². The summed E-state index contributed by atoms with van der Waals surface area (Å²) < 4.78 is 21.7. The van der Waals surface area contributed by atoms with Crippen molar-refractivity contribution in [2.45, 2.75) is 13.0 Å². The van der Waals surface area contributed by atoms with Crippen molar-refractivity contribution in [3.8, 4) is 0 Å². The van der Waals surface area contributed by atoms with Gasteiger partial charge in [0.2, 0.25) is 0 Å². The molecule has 0 aromatic carbocycles. The molecule has 0 saturated heterocycles. The number of hydrogen-bond donors (Lipinski definition) is 2. The summed E-state index contributed by atoms with van der Waals surface area (Å²) in [5.41, 5.74) is 5.37. The fraction of sp³-hybridized carbons (Fsp3) is 0.857. The minimum Gasteiger partial charge on any atom is -0.409 e. The van der Waals surface area contributed by atoms with Crippen molar-refractivity contribution < 1.29 is 13.6 Å². The van der Waals surface area contributed by atoms with Gasteiger partial charge in [-0.3, -0.25) is 4.90 Å². The molecular weight excluding hydrogens is 206 g/mol. The Morgan fingerprint density at radius 1 is 1.64 bits per heavy atom. The van der Waals surface area contributed by atoms with Crippen molar-refractivity contribution in [1.82, 2.24) is 4.90 Å². The second-order valence-electron chi connectivity index (χ2n) is 3.31. The first-order valence-corrected chi connectivity index (χ1v) is 6.19. The number of sulfone groups is 1. The summed E-state index contributed by atoms with van der Waals surface area (Å²) in [6, 6.07) is -0.276. The molecule has 84 valence electrons. The van der Waals surface area contributed by atoms with Gasteiger partial charge in [-0.15, -0.1) is 0 Å². The molecule has 6 nitrogen and oxygen atoms in total. The van der Waals surface area contributed by atoms with Crippen molar-refractivity contribution in [3.63, 3.8) is 0 Å². The first kappa shape index (κ1) is 13.2. The van der Waals surface area contributed by atoms with Crippen LogP contribution in [0.1, 0.15) is 6.92 Å². The van der Waals surface area contributed by atoms with Gasteiger partial charge in [-0.2, -0.15) is 0 Å². The predicted molar refractivity (Wildman–Crippen MR) is 55.2 cm³/mol. The van der Waals surface area contributed by atoms with E-state index in [0.29, 0.717) is 6.54 Å². The lowest BCUT2D eigenvalue weighted by Crippen LogP contribution is -2.42. The Morgan fingerprint density at radius 2 is 2.14 bits per heavy atom. The van der Waals surface area contributed by atoms with Crippen molar-refractivity contribution in [1.29, 1.82) is 0 Å². The van der Waals surface area contributed by atoms with Gasteiger partial charge in [0.1, 0.15) is 9.84 Å². The number of oxime groups is 1. The first-order valence-electron chi connectivity index (χ1n) is 4.13. The topological polar surface area (TPSA) is 96.0 Å². The zero-order valence-corrected chi connectivity index (χ0v) is 9.45. The molecule has 1 unspecified atom stereocenters. The van der Waals surface area contributed by atoms with Gasteiger partial charge in [-0.05, 0) is 14.0 Å². The molecule has 0 heterocycles. The molecule has 0 aromatic rings. The maximum Gasteiger partial charge on any atom is 0.156 e. The molecule has 7 heteroatoms. The molecule has 3 N–H and O–H groups in total. The van der Waals surface area contributed by atoms with Crippen molar-refractivity contribution in [2.24, 2.45) is 10.9 Å². The molecule has 0 fully saturated rings. The zero-order chi connectivity index (χ0) is 11.4. The third-order valence-electron chi connectivity index (χ3n) is 2.02. The fourth-order valence-electron chi connectivity index (χ4n) is 0.813. The maximum absolute atomic E-state index is 10.9. The van der Waals surface area contributed by atoms with E-state index in [2.05, 4.69) is 5.16 Å². The SMILES string of the molecule is CC(C(N)=NO)N(C)CCS(C)(=O)=O. The van der Waals surface area contributed by atoms with Crippen LogP contribution < -0.4 is 5.73 Å². The molecule has 0 rings (SSSR count). The molecule has 0 aliphatic heterocycles. The Morgan fingerprint density at radius 3 is 2.50 bits per heavy atom. The average Bonchev–Trinajstić information content (AvgIpc) is 2.10. The molecule has 0 aromatic heterocycles. The van der Waals surface area contributed by atoms with Gasteiger partial charge < -0.3 is 10.9 Å². The summed E-state index contributed by atoms with van der Waals surface area (Å²) in [7, 11) is -1.25. The van der Waals surface area contributed by atoms with Gasteiger partial charge in [-0.1, -0.05) is 5.16 Å². The van der Waals surface area contributed by atoms with Crippen LogP contribution in [-0.2, 0) is 9.84 Å². The summed E-state index contributed by atoms with van der Waals surface area (Å²) in [5.74, 6) is 0.132. The van der Waals surface area contributed by atoms with E-state index in [-0.39, 0.29) is 17.6 Å². The summed E-state index contributed by atoms with van der Waals surface area (Å²) in [6.07, 6.45) is 1.18. The second kappa shape index (κ2) is 5.16. The number of nitrogens with two attached hydrogens (primary N) is 1. The summed E-state index contributed by atoms with van der Waals surface area (Å²) >= 11 is 0.